The molecule has 0 saturated carbocycles. The SMILES string of the molecule is CCN(CC)C(=O)c1ccoc1-c1ccc(C(F)(F)F)cc1. The van der Waals surface area contributed by atoms with Crippen LogP contribution in [0.4, 0.5) is 13.2 Å². The van der Waals surface area contributed by atoms with E-state index in [2.05, 4.69) is 0 Å². The number of alkyl halides is 3. The smallest absolute Gasteiger partial charge is 0.416 e. The predicted octanol–water partition coefficient (Wildman–Crippen LogP) is 4.45. The second-order valence-corrected chi connectivity index (χ2v) is 4.72. The lowest BCUT2D eigenvalue weighted by molar-refractivity contribution is -0.137. The summed E-state index contributed by atoms with van der Waals surface area (Å²) in [5.74, 6) is 0.0827. The summed E-state index contributed by atoms with van der Waals surface area (Å²) in [4.78, 5) is 14.0. The van der Waals surface area contributed by atoms with Gasteiger partial charge in [0.05, 0.1) is 17.4 Å². The number of carbonyl (C=O) groups is 1. The molecule has 0 N–H and O–H groups in total. The molecule has 1 aromatic heterocycles. The van der Waals surface area contributed by atoms with Crippen LogP contribution in [0.2, 0.25) is 0 Å². The average Bonchev–Trinajstić information content (AvgIpc) is 2.97. The maximum absolute atomic E-state index is 12.6. The molecule has 0 atom stereocenters. The molecule has 2 rings (SSSR count). The van der Waals surface area contributed by atoms with Crippen molar-refractivity contribution in [3.8, 4) is 11.3 Å². The first-order valence-electron chi connectivity index (χ1n) is 6.92. The summed E-state index contributed by atoms with van der Waals surface area (Å²) in [6, 6.07) is 6.10. The van der Waals surface area contributed by atoms with Crippen LogP contribution < -0.4 is 0 Å². The highest BCUT2D eigenvalue weighted by Crippen LogP contribution is 2.32. The molecule has 0 aliphatic heterocycles. The van der Waals surface area contributed by atoms with Crippen LogP contribution in [-0.2, 0) is 6.18 Å². The topological polar surface area (TPSA) is 33.5 Å². The molecule has 0 saturated heterocycles. The van der Waals surface area contributed by atoms with Gasteiger partial charge in [-0.2, -0.15) is 13.2 Å². The van der Waals surface area contributed by atoms with Gasteiger partial charge in [0.15, 0.2) is 0 Å². The van der Waals surface area contributed by atoms with E-state index in [-0.39, 0.29) is 11.7 Å². The fourth-order valence-corrected chi connectivity index (χ4v) is 2.19. The summed E-state index contributed by atoms with van der Waals surface area (Å²) in [5, 5.41) is 0. The Bertz CT molecular complexity index is 640. The normalized spacial score (nSPS) is 11.5. The Morgan fingerprint density at radius 1 is 1.09 bits per heavy atom. The first kappa shape index (κ1) is 16.1. The molecule has 0 bridgehead atoms. The zero-order chi connectivity index (χ0) is 16.3. The Hall–Kier alpha value is -2.24. The van der Waals surface area contributed by atoms with Gasteiger partial charge in [-0.15, -0.1) is 0 Å². The van der Waals surface area contributed by atoms with Crippen molar-refractivity contribution in [2.45, 2.75) is 20.0 Å². The summed E-state index contributed by atoms with van der Waals surface area (Å²) >= 11 is 0. The number of furan rings is 1. The standard InChI is InChI=1S/C16H16F3NO2/c1-3-20(4-2)15(21)13-9-10-22-14(13)11-5-7-12(8-6-11)16(17,18)19/h5-10H,3-4H2,1-2H3. The first-order chi connectivity index (χ1) is 10.4. The fourth-order valence-electron chi connectivity index (χ4n) is 2.19. The van der Waals surface area contributed by atoms with Crippen LogP contribution in [0.5, 0.6) is 0 Å². The second-order valence-electron chi connectivity index (χ2n) is 4.72. The van der Waals surface area contributed by atoms with Gasteiger partial charge in [-0.1, -0.05) is 12.1 Å². The molecular weight excluding hydrogens is 295 g/mol. The van der Waals surface area contributed by atoms with Crippen molar-refractivity contribution < 1.29 is 22.4 Å². The van der Waals surface area contributed by atoms with Gasteiger partial charge in [0.25, 0.3) is 5.91 Å². The number of amides is 1. The molecule has 0 aliphatic rings. The molecule has 6 heteroatoms. The Labute approximate surface area is 126 Å². The highest BCUT2D eigenvalue weighted by Gasteiger charge is 2.30. The molecule has 1 aromatic carbocycles. The van der Waals surface area contributed by atoms with Crippen molar-refractivity contribution in [1.82, 2.24) is 4.90 Å². The Balaban J connectivity index is 2.35. The molecule has 0 radical (unpaired) electrons. The molecule has 2 aromatic rings. The molecule has 0 fully saturated rings. The maximum Gasteiger partial charge on any atom is 0.416 e. The van der Waals surface area contributed by atoms with Gasteiger partial charge in [0, 0.05) is 18.7 Å². The Morgan fingerprint density at radius 2 is 1.68 bits per heavy atom. The summed E-state index contributed by atoms with van der Waals surface area (Å²) in [7, 11) is 0. The van der Waals surface area contributed by atoms with E-state index in [1.54, 1.807) is 4.90 Å². The zero-order valence-electron chi connectivity index (χ0n) is 12.3. The van der Waals surface area contributed by atoms with Crippen LogP contribution in [0.15, 0.2) is 41.0 Å². The third-order valence-corrected chi connectivity index (χ3v) is 3.42. The van der Waals surface area contributed by atoms with E-state index in [9.17, 15) is 18.0 Å². The number of rotatable bonds is 4. The van der Waals surface area contributed by atoms with Gasteiger partial charge in [0.1, 0.15) is 5.76 Å². The van der Waals surface area contributed by atoms with Gasteiger partial charge in [-0.3, -0.25) is 4.79 Å². The highest BCUT2D eigenvalue weighted by molar-refractivity contribution is 5.99. The summed E-state index contributed by atoms with van der Waals surface area (Å²) in [6.45, 7) is 4.82. The number of carbonyl (C=O) groups excluding carboxylic acids is 1. The van der Waals surface area contributed by atoms with Gasteiger partial charge < -0.3 is 9.32 Å². The maximum atomic E-state index is 12.6. The zero-order valence-corrected chi connectivity index (χ0v) is 12.3. The lowest BCUT2D eigenvalue weighted by Crippen LogP contribution is -2.30. The van der Waals surface area contributed by atoms with Crippen molar-refractivity contribution in [1.29, 1.82) is 0 Å². The lowest BCUT2D eigenvalue weighted by Gasteiger charge is -2.18. The highest BCUT2D eigenvalue weighted by atomic mass is 19.4. The molecule has 1 heterocycles. The van der Waals surface area contributed by atoms with Gasteiger partial charge in [-0.05, 0) is 32.0 Å². The Kier molecular flexibility index (Phi) is 4.59. The van der Waals surface area contributed by atoms with Crippen LogP contribution in [0.3, 0.4) is 0 Å². The van der Waals surface area contributed by atoms with Crippen molar-refractivity contribution in [3.63, 3.8) is 0 Å². The van der Waals surface area contributed by atoms with E-state index < -0.39 is 11.7 Å². The van der Waals surface area contributed by atoms with E-state index in [0.717, 1.165) is 12.1 Å². The summed E-state index contributed by atoms with van der Waals surface area (Å²) in [5.41, 5.74) is 0.0522. The predicted molar refractivity (Wildman–Crippen MR) is 76.4 cm³/mol. The second kappa shape index (κ2) is 6.25. The molecule has 1 amide bonds. The van der Waals surface area contributed by atoms with E-state index >= 15 is 0 Å². The van der Waals surface area contributed by atoms with Gasteiger partial charge in [-0.25, -0.2) is 0 Å². The van der Waals surface area contributed by atoms with Gasteiger partial charge in [0.2, 0.25) is 0 Å². The van der Waals surface area contributed by atoms with Crippen LogP contribution in [-0.4, -0.2) is 23.9 Å². The quantitative estimate of drug-likeness (QED) is 0.836. The summed E-state index contributed by atoms with van der Waals surface area (Å²) in [6.07, 6.45) is -3.02. The third-order valence-electron chi connectivity index (χ3n) is 3.42. The minimum absolute atomic E-state index is 0.200. The van der Waals surface area contributed by atoms with Gasteiger partial charge >= 0.3 is 6.18 Å². The largest absolute Gasteiger partial charge is 0.464 e. The number of benzene rings is 1. The monoisotopic (exact) mass is 311 g/mol. The average molecular weight is 311 g/mol. The third kappa shape index (κ3) is 3.16. The van der Waals surface area contributed by atoms with Crippen molar-refractivity contribution in [2.24, 2.45) is 0 Å². The molecule has 22 heavy (non-hydrogen) atoms. The molecular formula is C16H16F3NO2. The van der Waals surface area contributed by atoms with Crippen molar-refractivity contribution in [2.75, 3.05) is 13.1 Å². The fraction of sp³-hybridized carbons (Fsp3) is 0.312. The summed E-state index contributed by atoms with van der Waals surface area (Å²) < 4.78 is 43.1. The minimum Gasteiger partial charge on any atom is -0.464 e. The van der Waals surface area contributed by atoms with E-state index in [0.29, 0.717) is 24.2 Å². The molecule has 3 nitrogen and oxygen atoms in total. The molecule has 0 spiro atoms. The molecule has 118 valence electrons. The Morgan fingerprint density at radius 3 is 2.18 bits per heavy atom. The number of hydrogen-bond donors (Lipinski definition) is 0. The number of nitrogens with zero attached hydrogens (tertiary/aromatic N) is 1. The van der Waals surface area contributed by atoms with Crippen LogP contribution in [0, 0.1) is 0 Å². The lowest BCUT2D eigenvalue weighted by atomic mass is 10.1. The van der Waals surface area contributed by atoms with E-state index in [1.165, 1.54) is 24.5 Å². The van der Waals surface area contributed by atoms with Crippen molar-refractivity contribution in [3.05, 3.63) is 47.7 Å². The first-order valence-corrected chi connectivity index (χ1v) is 6.92. The van der Waals surface area contributed by atoms with E-state index in [1.807, 2.05) is 13.8 Å². The van der Waals surface area contributed by atoms with Crippen LogP contribution >= 0.6 is 0 Å². The van der Waals surface area contributed by atoms with Crippen molar-refractivity contribution >= 4 is 5.91 Å². The van der Waals surface area contributed by atoms with Crippen LogP contribution in [0.25, 0.3) is 11.3 Å². The number of halogens is 3. The van der Waals surface area contributed by atoms with Crippen LogP contribution in [0.1, 0.15) is 29.8 Å². The molecule has 0 aliphatic carbocycles. The minimum atomic E-state index is -4.39. The van der Waals surface area contributed by atoms with E-state index in [4.69, 9.17) is 4.42 Å². The number of hydrogen-bond acceptors (Lipinski definition) is 2. The molecule has 0 unspecified atom stereocenters.